The van der Waals surface area contributed by atoms with Crippen LogP contribution in [0.15, 0.2) is 16.7 Å². The number of hydrogen-bond acceptors (Lipinski definition) is 3. The Kier molecular flexibility index (Phi) is 2.19. The molecule has 1 fully saturated rings. The number of ketones is 1. The number of carbonyl (C=O) groups excluding carboxylic acids is 1. The van der Waals surface area contributed by atoms with E-state index in [1.165, 1.54) is 6.26 Å². The van der Waals surface area contributed by atoms with E-state index in [-0.39, 0.29) is 11.7 Å². The molecule has 1 aliphatic heterocycles. The summed E-state index contributed by atoms with van der Waals surface area (Å²) in [4.78, 5) is 11.7. The quantitative estimate of drug-likeness (QED) is 0.651. The molecule has 0 amide bonds. The largest absolute Gasteiger partial charge is 0.469 e. The first-order valence-electron chi connectivity index (χ1n) is 4.44. The Balaban J connectivity index is 2.12. The second kappa shape index (κ2) is 3.34. The Morgan fingerprint density at radius 1 is 1.62 bits per heavy atom. The van der Waals surface area contributed by atoms with E-state index in [0.717, 1.165) is 12.2 Å². The van der Waals surface area contributed by atoms with E-state index in [9.17, 15) is 4.79 Å². The third kappa shape index (κ3) is 1.65. The van der Waals surface area contributed by atoms with Gasteiger partial charge in [0.15, 0.2) is 5.78 Å². The molecule has 2 heterocycles. The van der Waals surface area contributed by atoms with Crippen LogP contribution < -0.4 is 0 Å². The number of rotatable bonds is 2. The Morgan fingerprint density at radius 3 is 3.00 bits per heavy atom. The van der Waals surface area contributed by atoms with Crippen molar-refractivity contribution in [1.82, 2.24) is 0 Å². The Hall–Kier alpha value is -1.09. The van der Waals surface area contributed by atoms with Crippen molar-refractivity contribution in [2.45, 2.75) is 13.3 Å². The van der Waals surface area contributed by atoms with Gasteiger partial charge in [0, 0.05) is 12.5 Å². The predicted molar refractivity (Wildman–Crippen MR) is 46.7 cm³/mol. The van der Waals surface area contributed by atoms with Gasteiger partial charge in [-0.05, 0) is 19.4 Å². The molecule has 1 unspecified atom stereocenters. The molecule has 2 rings (SSSR count). The van der Waals surface area contributed by atoms with E-state index in [1.54, 1.807) is 6.07 Å². The Bertz CT molecular complexity index is 308. The molecule has 1 aliphatic rings. The lowest BCUT2D eigenvalue weighted by Crippen LogP contribution is -2.13. The van der Waals surface area contributed by atoms with Crippen LogP contribution in [0.1, 0.15) is 22.5 Å². The van der Waals surface area contributed by atoms with Crippen LogP contribution in [0.2, 0.25) is 0 Å². The van der Waals surface area contributed by atoms with Crippen molar-refractivity contribution >= 4 is 5.78 Å². The van der Waals surface area contributed by atoms with E-state index in [1.807, 2.05) is 6.92 Å². The molecule has 1 aromatic heterocycles. The molecule has 1 saturated heterocycles. The minimum absolute atomic E-state index is 0.0389. The molecule has 0 saturated carbocycles. The first-order valence-corrected chi connectivity index (χ1v) is 4.44. The van der Waals surface area contributed by atoms with E-state index in [4.69, 9.17) is 9.15 Å². The zero-order valence-corrected chi connectivity index (χ0v) is 7.58. The number of furan rings is 1. The summed E-state index contributed by atoms with van der Waals surface area (Å²) in [5.74, 6) is 0.966. The molecule has 3 nitrogen and oxygen atoms in total. The molecule has 1 aromatic rings. The van der Waals surface area contributed by atoms with Crippen molar-refractivity contribution in [2.75, 3.05) is 13.2 Å². The fraction of sp³-hybridized carbons (Fsp3) is 0.500. The van der Waals surface area contributed by atoms with Crippen molar-refractivity contribution in [2.24, 2.45) is 5.92 Å². The number of aryl methyl sites for hydroxylation is 1. The molecule has 13 heavy (non-hydrogen) atoms. The molecule has 0 radical (unpaired) electrons. The Morgan fingerprint density at radius 2 is 2.46 bits per heavy atom. The Labute approximate surface area is 76.7 Å². The van der Waals surface area contributed by atoms with Crippen LogP contribution in [0.4, 0.5) is 0 Å². The third-order valence-corrected chi connectivity index (χ3v) is 2.32. The van der Waals surface area contributed by atoms with E-state index in [2.05, 4.69) is 0 Å². The summed E-state index contributed by atoms with van der Waals surface area (Å²) < 4.78 is 10.2. The molecule has 70 valence electrons. The van der Waals surface area contributed by atoms with Gasteiger partial charge in [0.1, 0.15) is 12.0 Å². The fourth-order valence-electron chi connectivity index (χ4n) is 1.55. The number of hydrogen-bond donors (Lipinski definition) is 0. The maximum atomic E-state index is 11.7. The van der Waals surface area contributed by atoms with Gasteiger partial charge < -0.3 is 9.15 Å². The fourth-order valence-corrected chi connectivity index (χ4v) is 1.55. The second-order valence-corrected chi connectivity index (χ2v) is 3.37. The van der Waals surface area contributed by atoms with Crippen LogP contribution in [0.5, 0.6) is 0 Å². The van der Waals surface area contributed by atoms with Gasteiger partial charge in [0.25, 0.3) is 0 Å². The normalized spacial score (nSPS) is 22.1. The number of carbonyl (C=O) groups is 1. The lowest BCUT2D eigenvalue weighted by molar-refractivity contribution is 0.0899. The topological polar surface area (TPSA) is 39.4 Å². The van der Waals surface area contributed by atoms with E-state index in [0.29, 0.717) is 18.8 Å². The average molecular weight is 180 g/mol. The summed E-state index contributed by atoms with van der Waals surface area (Å²) in [6, 6.07) is 1.78. The third-order valence-electron chi connectivity index (χ3n) is 2.32. The predicted octanol–water partition coefficient (Wildman–Crippen LogP) is 1.81. The maximum Gasteiger partial charge on any atom is 0.171 e. The van der Waals surface area contributed by atoms with Gasteiger partial charge in [-0.1, -0.05) is 0 Å². The molecule has 0 N–H and O–H groups in total. The van der Waals surface area contributed by atoms with Crippen LogP contribution in [0.25, 0.3) is 0 Å². The van der Waals surface area contributed by atoms with Crippen LogP contribution in [0.3, 0.4) is 0 Å². The van der Waals surface area contributed by atoms with Crippen molar-refractivity contribution in [3.63, 3.8) is 0 Å². The highest BCUT2D eigenvalue weighted by atomic mass is 16.5. The molecular weight excluding hydrogens is 168 g/mol. The van der Waals surface area contributed by atoms with Crippen molar-refractivity contribution in [3.05, 3.63) is 23.7 Å². The van der Waals surface area contributed by atoms with Crippen LogP contribution in [0, 0.1) is 12.8 Å². The first kappa shape index (κ1) is 8.51. The lowest BCUT2D eigenvalue weighted by Gasteiger charge is -2.02. The van der Waals surface area contributed by atoms with Gasteiger partial charge in [-0.2, -0.15) is 0 Å². The minimum atomic E-state index is 0.0389. The number of ether oxygens (including phenoxy) is 1. The van der Waals surface area contributed by atoms with Gasteiger partial charge in [0.2, 0.25) is 0 Å². The SMILES string of the molecule is Cc1cc(C(=O)C2CCOC2)co1. The van der Waals surface area contributed by atoms with Gasteiger partial charge in [-0.15, -0.1) is 0 Å². The second-order valence-electron chi connectivity index (χ2n) is 3.37. The highest BCUT2D eigenvalue weighted by Gasteiger charge is 2.25. The molecule has 0 aromatic carbocycles. The highest BCUT2D eigenvalue weighted by Crippen LogP contribution is 2.19. The zero-order valence-electron chi connectivity index (χ0n) is 7.58. The van der Waals surface area contributed by atoms with Crippen molar-refractivity contribution in [3.8, 4) is 0 Å². The van der Waals surface area contributed by atoms with Gasteiger partial charge in [0.05, 0.1) is 12.2 Å². The summed E-state index contributed by atoms with van der Waals surface area (Å²) in [5.41, 5.74) is 0.674. The van der Waals surface area contributed by atoms with Crippen LogP contribution in [-0.2, 0) is 4.74 Å². The summed E-state index contributed by atoms with van der Waals surface area (Å²) in [5, 5.41) is 0. The smallest absolute Gasteiger partial charge is 0.171 e. The summed E-state index contributed by atoms with van der Waals surface area (Å²) >= 11 is 0. The lowest BCUT2D eigenvalue weighted by atomic mass is 9.99. The first-order chi connectivity index (χ1) is 6.27. The maximum absolute atomic E-state index is 11.7. The van der Waals surface area contributed by atoms with Crippen LogP contribution in [-0.4, -0.2) is 19.0 Å². The molecule has 0 spiro atoms. The standard InChI is InChI=1S/C10H12O3/c1-7-4-9(6-13-7)10(11)8-2-3-12-5-8/h4,6,8H,2-3,5H2,1H3. The average Bonchev–Trinajstić information content (AvgIpc) is 2.72. The summed E-state index contributed by atoms with van der Waals surface area (Å²) in [6.07, 6.45) is 2.36. The zero-order chi connectivity index (χ0) is 9.26. The summed E-state index contributed by atoms with van der Waals surface area (Å²) in [6.45, 7) is 3.10. The molecular formula is C10H12O3. The van der Waals surface area contributed by atoms with Crippen LogP contribution >= 0.6 is 0 Å². The minimum Gasteiger partial charge on any atom is -0.469 e. The molecule has 1 atom stereocenters. The monoisotopic (exact) mass is 180 g/mol. The molecule has 0 aliphatic carbocycles. The number of Topliss-reactive ketones (excluding diaryl/α,β-unsaturated/α-hetero) is 1. The molecule has 3 heteroatoms. The van der Waals surface area contributed by atoms with Gasteiger partial charge in [-0.3, -0.25) is 4.79 Å². The summed E-state index contributed by atoms with van der Waals surface area (Å²) in [7, 11) is 0. The van der Waals surface area contributed by atoms with E-state index >= 15 is 0 Å². The highest BCUT2D eigenvalue weighted by molar-refractivity contribution is 5.97. The van der Waals surface area contributed by atoms with E-state index < -0.39 is 0 Å². The van der Waals surface area contributed by atoms with Crippen molar-refractivity contribution < 1.29 is 13.9 Å². The van der Waals surface area contributed by atoms with Gasteiger partial charge >= 0.3 is 0 Å². The van der Waals surface area contributed by atoms with Gasteiger partial charge in [-0.25, -0.2) is 0 Å². The molecule has 0 bridgehead atoms. The van der Waals surface area contributed by atoms with Crippen molar-refractivity contribution in [1.29, 1.82) is 0 Å².